The Balaban J connectivity index is 1.70. The van der Waals surface area contributed by atoms with E-state index in [1.807, 2.05) is 37.5 Å². The molecule has 5 heteroatoms. The first-order valence-electron chi connectivity index (χ1n) is 8.14. The van der Waals surface area contributed by atoms with Crippen LogP contribution in [0.15, 0.2) is 36.7 Å². The number of hydrogen-bond acceptors (Lipinski definition) is 3. The molecule has 0 spiro atoms. The third-order valence-corrected chi connectivity index (χ3v) is 4.41. The number of aromatic nitrogens is 2. The largest absolute Gasteiger partial charge is 0.493 e. The molecule has 1 aromatic carbocycles. The minimum absolute atomic E-state index is 0.0336. The van der Waals surface area contributed by atoms with E-state index in [-0.39, 0.29) is 11.8 Å². The summed E-state index contributed by atoms with van der Waals surface area (Å²) in [6.07, 6.45) is 5.22. The third kappa shape index (κ3) is 3.38. The predicted molar refractivity (Wildman–Crippen MR) is 88.1 cm³/mol. The number of hydrogen-bond donors (Lipinski definition) is 0. The Bertz CT molecular complexity index is 680. The minimum Gasteiger partial charge on any atom is -0.493 e. The molecule has 0 bridgehead atoms. The topological polar surface area (TPSA) is 47.4 Å². The molecule has 2 heterocycles. The standard InChI is InChI=1S/C18H23N3O2/c1-3-21-10-9-19-17(21)13-20(2)18(22)15-8-11-23-16-7-5-4-6-14(16)12-15/h4-7,9-10,15H,3,8,11-13H2,1-2H3/t15-/m0/s1. The Morgan fingerprint density at radius 3 is 3.09 bits per heavy atom. The summed E-state index contributed by atoms with van der Waals surface area (Å²) in [7, 11) is 1.86. The number of benzene rings is 1. The molecule has 2 aromatic rings. The summed E-state index contributed by atoms with van der Waals surface area (Å²) in [4.78, 5) is 19.0. The van der Waals surface area contributed by atoms with E-state index in [0.717, 1.165) is 36.5 Å². The van der Waals surface area contributed by atoms with Crippen LogP contribution in [-0.4, -0.2) is 34.0 Å². The van der Waals surface area contributed by atoms with E-state index in [4.69, 9.17) is 4.74 Å². The van der Waals surface area contributed by atoms with Gasteiger partial charge in [-0.25, -0.2) is 4.98 Å². The average Bonchev–Trinajstić information content (AvgIpc) is 2.90. The van der Waals surface area contributed by atoms with E-state index >= 15 is 0 Å². The average molecular weight is 313 g/mol. The molecular formula is C18H23N3O2. The quantitative estimate of drug-likeness (QED) is 0.871. The fourth-order valence-electron chi connectivity index (χ4n) is 3.08. The van der Waals surface area contributed by atoms with Crippen LogP contribution in [0.2, 0.25) is 0 Å². The highest BCUT2D eigenvalue weighted by molar-refractivity contribution is 5.79. The van der Waals surface area contributed by atoms with E-state index in [9.17, 15) is 4.79 Å². The zero-order valence-corrected chi connectivity index (χ0v) is 13.7. The second-order valence-corrected chi connectivity index (χ2v) is 5.97. The zero-order valence-electron chi connectivity index (χ0n) is 13.7. The molecular weight excluding hydrogens is 290 g/mol. The Labute approximate surface area is 136 Å². The molecule has 1 aromatic heterocycles. The normalized spacial score (nSPS) is 17.0. The van der Waals surface area contributed by atoms with Crippen molar-refractivity contribution in [2.24, 2.45) is 5.92 Å². The minimum atomic E-state index is -0.0336. The third-order valence-electron chi connectivity index (χ3n) is 4.41. The number of rotatable bonds is 4. The molecule has 1 aliphatic rings. The van der Waals surface area contributed by atoms with Gasteiger partial charge < -0.3 is 14.2 Å². The second-order valence-electron chi connectivity index (χ2n) is 5.97. The molecule has 1 atom stereocenters. The lowest BCUT2D eigenvalue weighted by molar-refractivity contribution is -0.135. The van der Waals surface area contributed by atoms with E-state index in [1.54, 1.807) is 11.1 Å². The molecule has 0 aliphatic carbocycles. The van der Waals surface area contributed by atoms with E-state index in [0.29, 0.717) is 13.2 Å². The maximum absolute atomic E-state index is 12.8. The highest BCUT2D eigenvalue weighted by Crippen LogP contribution is 2.27. The van der Waals surface area contributed by atoms with E-state index in [2.05, 4.69) is 16.5 Å². The second kappa shape index (κ2) is 6.86. The molecule has 0 radical (unpaired) electrons. The predicted octanol–water partition coefficient (Wildman–Crippen LogP) is 2.50. The fourth-order valence-corrected chi connectivity index (χ4v) is 3.08. The Hall–Kier alpha value is -2.30. The van der Waals surface area contributed by atoms with Crippen molar-refractivity contribution in [3.63, 3.8) is 0 Å². The number of aryl methyl sites for hydroxylation is 1. The van der Waals surface area contributed by atoms with Crippen molar-refractivity contribution < 1.29 is 9.53 Å². The van der Waals surface area contributed by atoms with Crippen LogP contribution in [0.25, 0.3) is 0 Å². The number of amides is 1. The van der Waals surface area contributed by atoms with Crippen molar-refractivity contribution >= 4 is 5.91 Å². The SMILES string of the molecule is CCn1ccnc1CN(C)C(=O)[C@H]1CCOc2ccccc2C1. The first kappa shape index (κ1) is 15.6. The fraction of sp³-hybridized carbons (Fsp3) is 0.444. The summed E-state index contributed by atoms with van der Waals surface area (Å²) in [5.41, 5.74) is 1.12. The van der Waals surface area contributed by atoms with Crippen LogP contribution < -0.4 is 4.74 Å². The van der Waals surface area contributed by atoms with Crippen molar-refractivity contribution in [3.8, 4) is 5.75 Å². The lowest BCUT2D eigenvalue weighted by Crippen LogP contribution is -2.34. The Kier molecular flexibility index (Phi) is 4.65. The van der Waals surface area contributed by atoms with Crippen LogP contribution in [-0.2, 0) is 24.3 Å². The monoisotopic (exact) mass is 313 g/mol. The van der Waals surface area contributed by atoms with E-state index < -0.39 is 0 Å². The number of fused-ring (bicyclic) bond motifs is 1. The van der Waals surface area contributed by atoms with Crippen molar-refractivity contribution in [1.82, 2.24) is 14.5 Å². The Morgan fingerprint density at radius 1 is 1.43 bits per heavy atom. The van der Waals surface area contributed by atoms with Crippen molar-refractivity contribution in [2.45, 2.75) is 32.9 Å². The number of para-hydroxylation sites is 1. The summed E-state index contributed by atoms with van der Waals surface area (Å²) >= 11 is 0. The van der Waals surface area contributed by atoms with E-state index in [1.165, 1.54) is 0 Å². The number of ether oxygens (including phenoxy) is 1. The van der Waals surface area contributed by atoms with Gasteiger partial charge in [0.2, 0.25) is 5.91 Å². The first-order valence-corrected chi connectivity index (χ1v) is 8.14. The zero-order chi connectivity index (χ0) is 16.2. The van der Waals surface area contributed by atoms with Gasteiger partial charge in [0.1, 0.15) is 11.6 Å². The van der Waals surface area contributed by atoms with Crippen LogP contribution in [0.4, 0.5) is 0 Å². The van der Waals surface area contributed by atoms with Gasteiger partial charge in [0.05, 0.1) is 13.2 Å². The maximum Gasteiger partial charge on any atom is 0.226 e. The maximum atomic E-state index is 12.8. The van der Waals surface area contributed by atoms with Gasteiger partial charge in [0, 0.05) is 31.9 Å². The summed E-state index contributed by atoms with van der Waals surface area (Å²) in [5, 5.41) is 0. The molecule has 3 rings (SSSR count). The molecule has 0 saturated heterocycles. The number of carbonyl (C=O) groups excluding carboxylic acids is 1. The number of imidazole rings is 1. The number of nitrogens with zero attached hydrogens (tertiary/aromatic N) is 3. The summed E-state index contributed by atoms with van der Waals surface area (Å²) in [6.45, 7) is 4.07. The van der Waals surface area contributed by atoms with Gasteiger partial charge >= 0.3 is 0 Å². The van der Waals surface area contributed by atoms with Crippen LogP contribution >= 0.6 is 0 Å². The summed E-state index contributed by atoms with van der Waals surface area (Å²) in [6, 6.07) is 7.99. The highest BCUT2D eigenvalue weighted by Gasteiger charge is 2.26. The van der Waals surface area contributed by atoms with Gasteiger partial charge in [-0.05, 0) is 31.4 Å². The molecule has 23 heavy (non-hydrogen) atoms. The summed E-state index contributed by atoms with van der Waals surface area (Å²) < 4.78 is 7.83. The van der Waals surface area contributed by atoms with Gasteiger partial charge in [-0.1, -0.05) is 18.2 Å². The molecule has 1 amide bonds. The van der Waals surface area contributed by atoms with Crippen LogP contribution in [0.5, 0.6) is 5.75 Å². The first-order chi connectivity index (χ1) is 11.2. The molecule has 0 fully saturated rings. The lowest BCUT2D eigenvalue weighted by Gasteiger charge is -2.22. The van der Waals surface area contributed by atoms with Gasteiger partial charge in [0.25, 0.3) is 0 Å². The molecule has 1 aliphatic heterocycles. The van der Waals surface area contributed by atoms with Crippen molar-refractivity contribution in [3.05, 3.63) is 48.0 Å². The lowest BCUT2D eigenvalue weighted by atomic mass is 9.95. The van der Waals surface area contributed by atoms with Gasteiger partial charge in [0.15, 0.2) is 0 Å². The molecule has 5 nitrogen and oxygen atoms in total. The van der Waals surface area contributed by atoms with Gasteiger partial charge in [-0.15, -0.1) is 0 Å². The van der Waals surface area contributed by atoms with Crippen LogP contribution in [0.1, 0.15) is 24.7 Å². The van der Waals surface area contributed by atoms with Crippen LogP contribution in [0.3, 0.4) is 0 Å². The van der Waals surface area contributed by atoms with Gasteiger partial charge in [-0.3, -0.25) is 4.79 Å². The van der Waals surface area contributed by atoms with Crippen LogP contribution in [0, 0.1) is 5.92 Å². The molecule has 0 saturated carbocycles. The molecule has 0 N–H and O–H groups in total. The number of carbonyl (C=O) groups is 1. The molecule has 0 unspecified atom stereocenters. The van der Waals surface area contributed by atoms with Gasteiger partial charge in [-0.2, -0.15) is 0 Å². The smallest absolute Gasteiger partial charge is 0.226 e. The van der Waals surface area contributed by atoms with Crippen molar-refractivity contribution in [1.29, 1.82) is 0 Å². The highest BCUT2D eigenvalue weighted by atomic mass is 16.5. The molecule has 122 valence electrons. The Morgan fingerprint density at radius 2 is 2.26 bits per heavy atom. The van der Waals surface area contributed by atoms with Crippen molar-refractivity contribution in [2.75, 3.05) is 13.7 Å². The summed E-state index contributed by atoms with van der Waals surface area (Å²) in [5.74, 6) is 1.96.